The topological polar surface area (TPSA) is 95.9 Å². The minimum atomic E-state index is -0.116. The third-order valence-electron chi connectivity index (χ3n) is 3.33. The van der Waals surface area contributed by atoms with E-state index in [-0.39, 0.29) is 5.78 Å². The molecule has 0 aliphatic carbocycles. The number of anilines is 1. The number of ether oxygens (including phenoxy) is 1. The van der Waals surface area contributed by atoms with Crippen molar-refractivity contribution in [2.24, 2.45) is 0 Å². The van der Waals surface area contributed by atoms with Crippen LogP contribution in [-0.2, 0) is 0 Å². The molecule has 0 spiro atoms. The summed E-state index contributed by atoms with van der Waals surface area (Å²) in [5.74, 6) is 0.816. The first-order valence-electron chi connectivity index (χ1n) is 6.92. The number of pyridine rings is 2. The summed E-state index contributed by atoms with van der Waals surface area (Å²) in [5.41, 5.74) is 8.24. The minimum absolute atomic E-state index is 0.116. The van der Waals surface area contributed by atoms with Crippen molar-refractivity contribution in [1.29, 1.82) is 0 Å². The van der Waals surface area contributed by atoms with Gasteiger partial charge in [-0.1, -0.05) is 0 Å². The zero-order valence-electron chi connectivity index (χ0n) is 12.7. The Hall–Kier alpha value is -3.22. The average Bonchev–Trinajstić information content (AvgIpc) is 3.01. The SMILES string of the molecule is COc1ccc(-n2nc(C(C)=O)cc2-c2ccc(N)nc2)cn1. The van der Waals surface area contributed by atoms with Crippen molar-refractivity contribution in [1.82, 2.24) is 19.7 Å². The highest BCUT2D eigenvalue weighted by Crippen LogP contribution is 2.24. The van der Waals surface area contributed by atoms with E-state index in [0.717, 1.165) is 11.3 Å². The van der Waals surface area contributed by atoms with Gasteiger partial charge in [-0.25, -0.2) is 14.6 Å². The molecule has 3 aromatic rings. The average molecular weight is 309 g/mol. The van der Waals surface area contributed by atoms with E-state index in [2.05, 4.69) is 15.1 Å². The van der Waals surface area contributed by atoms with Crippen LogP contribution in [0.5, 0.6) is 5.88 Å². The van der Waals surface area contributed by atoms with E-state index in [9.17, 15) is 4.79 Å². The first-order chi connectivity index (χ1) is 11.1. The Morgan fingerprint density at radius 1 is 1.17 bits per heavy atom. The van der Waals surface area contributed by atoms with Gasteiger partial charge in [-0.2, -0.15) is 5.10 Å². The van der Waals surface area contributed by atoms with Crippen molar-refractivity contribution in [3.05, 3.63) is 48.4 Å². The molecule has 7 nitrogen and oxygen atoms in total. The second kappa shape index (κ2) is 5.88. The molecule has 0 unspecified atom stereocenters. The molecule has 0 aromatic carbocycles. The molecule has 23 heavy (non-hydrogen) atoms. The summed E-state index contributed by atoms with van der Waals surface area (Å²) in [6.07, 6.45) is 3.27. The Morgan fingerprint density at radius 2 is 2.00 bits per heavy atom. The number of hydrogen-bond acceptors (Lipinski definition) is 6. The van der Waals surface area contributed by atoms with Crippen LogP contribution in [0.2, 0.25) is 0 Å². The first kappa shape index (κ1) is 14.7. The lowest BCUT2D eigenvalue weighted by atomic mass is 10.2. The van der Waals surface area contributed by atoms with Crippen molar-refractivity contribution in [3.8, 4) is 22.8 Å². The van der Waals surface area contributed by atoms with Crippen LogP contribution in [0.3, 0.4) is 0 Å². The van der Waals surface area contributed by atoms with E-state index >= 15 is 0 Å². The Morgan fingerprint density at radius 3 is 2.57 bits per heavy atom. The van der Waals surface area contributed by atoms with Crippen LogP contribution >= 0.6 is 0 Å². The Kier molecular flexibility index (Phi) is 3.76. The van der Waals surface area contributed by atoms with Crippen LogP contribution in [-0.4, -0.2) is 32.6 Å². The molecular formula is C16H15N5O2. The molecule has 0 bridgehead atoms. The van der Waals surface area contributed by atoms with Gasteiger partial charge in [-0.3, -0.25) is 4.79 Å². The van der Waals surface area contributed by atoms with Crippen LogP contribution < -0.4 is 10.5 Å². The fourth-order valence-corrected chi connectivity index (χ4v) is 2.13. The number of Topliss-reactive ketones (excluding diaryl/α,β-unsaturated/α-hetero) is 1. The van der Waals surface area contributed by atoms with Gasteiger partial charge in [-0.05, 0) is 24.3 Å². The normalized spacial score (nSPS) is 10.5. The van der Waals surface area contributed by atoms with Crippen LogP contribution in [0.4, 0.5) is 5.82 Å². The van der Waals surface area contributed by atoms with Crippen LogP contribution in [0, 0.1) is 0 Å². The lowest BCUT2D eigenvalue weighted by Crippen LogP contribution is -2.02. The second-order valence-electron chi connectivity index (χ2n) is 4.91. The van der Waals surface area contributed by atoms with E-state index in [1.54, 1.807) is 42.4 Å². The van der Waals surface area contributed by atoms with Crippen molar-refractivity contribution in [2.75, 3.05) is 12.8 Å². The van der Waals surface area contributed by atoms with Crippen molar-refractivity contribution >= 4 is 11.6 Å². The Balaban J connectivity index is 2.13. The first-order valence-corrected chi connectivity index (χ1v) is 6.92. The number of carbonyl (C=O) groups excluding carboxylic acids is 1. The number of nitrogen functional groups attached to an aromatic ring is 1. The number of rotatable bonds is 4. The third-order valence-corrected chi connectivity index (χ3v) is 3.33. The highest BCUT2D eigenvalue weighted by atomic mass is 16.5. The molecule has 0 saturated carbocycles. The van der Waals surface area contributed by atoms with Gasteiger partial charge < -0.3 is 10.5 Å². The van der Waals surface area contributed by atoms with Gasteiger partial charge in [0.15, 0.2) is 5.78 Å². The second-order valence-corrected chi connectivity index (χ2v) is 4.91. The summed E-state index contributed by atoms with van der Waals surface area (Å²) in [6, 6.07) is 8.80. The molecule has 2 N–H and O–H groups in total. The molecule has 3 heterocycles. The van der Waals surface area contributed by atoms with Gasteiger partial charge in [0.05, 0.1) is 24.7 Å². The molecule has 0 amide bonds. The zero-order chi connectivity index (χ0) is 16.4. The number of nitrogens with zero attached hydrogens (tertiary/aromatic N) is 4. The zero-order valence-corrected chi connectivity index (χ0v) is 12.7. The lowest BCUT2D eigenvalue weighted by molar-refractivity contribution is 0.101. The summed E-state index contributed by atoms with van der Waals surface area (Å²) in [7, 11) is 1.55. The number of methoxy groups -OCH3 is 1. The van der Waals surface area contributed by atoms with Crippen LogP contribution in [0.15, 0.2) is 42.7 Å². The summed E-state index contributed by atoms with van der Waals surface area (Å²) in [4.78, 5) is 19.9. The van der Waals surface area contributed by atoms with Crippen molar-refractivity contribution in [2.45, 2.75) is 6.92 Å². The monoisotopic (exact) mass is 309 g/mol. The maximum absolute atomic E-state index is 11.7. The summed E-state index contributed by atoms with van der Waals surface area (Å²) >= 11 is 0. The lowest BCUT2D eigenvalue weighted by Gasteiger charge is -2.07. The van der Waals surface area contributed by atoms with Gasteiger partial charge in [0.1, 0.15) is 11.5 Å². The molecule has 0 aliphatic rings. The maximum Gasteiger partial charge on any atom is 0.213 e. The van der Waals surface area contributed by atoms with Crippen LogP contribution in [0.25, 0.3) is 16.9 Å². The summed E-state index contributed by atoms with van der Waals surface area (Å²) in [6.45, 7) is 1.48. The third kappa shape index (κ3) is 2.89. The molecular weight excluding hydrogens is 294 g/mol. The quantitative estimate of drug-likeness (QED) is 0.742. The van der Waals surface area contributed by atoms with E-state index in [4.69, 9.17) is 10.5 Å². The summed E-state index contributed by atoms with van der Waals surface area (Å²) < 4.78 is 6.71. The highest BCUT2D eigenvalue weighted by molar-refractivity contribution is 5.93. The molecule has 3 aromatic heterocycles. The largest absolute Gasteiger partial charge is 0.481 e. The number of carbonyl (C=O) groups is 1. The molecule has 0 saturated heterocycles. The Labute approximate surface area is 132 Å². The van der Waals surface area contributed by atoms with Gasteiger partial charge in [0.2, 0.25) is 5.88 Å². The standard InChI is InChI=1S/C16H15N5O2/c1-10(22)13-7-14(11-3-5-15(17)18-8-11)21(20-13)12-4-6-16(23-2)19-9-12/h3-9H,1-2H3,(H2,17,18). The molecule has 0 aliphatic heterocycles. The molecule has 3 rings (SSSR count). The fraction of sp³-hybridized carbons (Fsp3) is 0.125. The number of aromatic nitrogens is 4. The number of ketones is 1. The number of hydrogen-bond donors (Lipinski definition) is 1. The van der Waals surface area contributed by atoms with Gasteiger partial charge in [0, 0.05) is 24.8 Å². The molecule has 116 valence electrons. The van der Waals surface area contributed by atoms with E-state index < -0.39 is 0 Å². The summed E-state index contributed by atoms with van der Waals surface area (Å²) in [5, 5.41) is 4.36. The van der Waals surface area contributed by atoms with Crippen LogP contribution in [0.1, 0.15) is 17.4 Å². The predicted molar refractivity (Wildman–Crippen MR) is 85.6 cm³/mol. The number of nitrogens with two attached hydrogens (primary N) is 1. The van der Waals surface area contributed by atoms with E-state index in [1.165, 1.54) is 6.92 Å². The molecule has 0 fully saturated rings. The maximum atomic E-state index is 11.7. The van der Waals surface area contributed by atoms with Gasteiger partial charge in [0.25, 0.3) is 0 Å². The van der Waals surface area contributed by atoms with Crippen molar-refractivity contribution < 1.29 is 9.53 Å². The molecule has 7 heteroatoms. The smallest absolute Gasteiger partial charge is 0.213 e. The fourth-order valence-electron chi connectivity index (χ4n) is 2.13. The van der Waals surface area contributed by atoms with E-state index in [1.807, 2.05) is 12.1 Å². The Bertz CT molecular complexity index is 838. The van der Waals surface area contributed by atoms with E-state index in [0.29, 0.717) is 23.1 Å². The predicted octanol–water partition coefficient (Wildman–Crippen LogP) is 2.12. The minimum Gasteiger partial charge on any atom is -0.481 e. The molecule has 0 radical (unpaired) electrons. The van der Waals surface area contributed by atoms with Crippen molar-refractivity contribution in [3.63, 3.8) is 0 Å². The van der Waals surface area contributed by atoms with Gasteiger partial charge in [-0.15, -0.1) is 0 Å². The molecule has 0 atom stereocenters. The van der Waals surface area contributed by atoms with Gasteiger partial charge >= 0.3 is 0 Å². The highest BCUT2D eigenvalue weighted by Gasteiger charge is 2.15.